The summed E-state index contributed by atoms with van der Waals surface area (Å²) in [6.45, 7) is 6.19. The normalized spacial score (nSPS) is 12.6. The fourth-order valence-electron chi connectivity index (χ4n) is 2.87. The van der Waals surface area contributed by atoms with Crippen molar-refractivity contribution in [3.05, 3.63) is 52.5 Å². The summed E-state index contributed by atoms with van der Waals surface area (Å²) >= 11 is 6.18. The van der Waals surface area contributed by atoms with Gasteiger partial charge in [-0.05, 0) is 39.0 Å². The number of nitrogens with one attached hydrogen (secondary N) is 1. The number of rotatable bonds is 6. The van der Waals surface area contributed by atoms with Gasteiger partial charge in [0, 0.05) is 24.1 Å². The number of carbonyl (C=O) groups is 1. The second-order valence-electron chi connectivity index (χ2n) is 6.23. The van der Waals surface area contributed by atoms with Crippen molar-refractivity contribution in [3.8, 4) is 5.75 Å². The van der Waals surface area contributed by atoms with Crippen molar-refractivity contribution in [2.45, 2.75) is 26.8 Å². The summed E-state index contributed by atoms with van der Waals surface area (Å²) in [7, 11) is 1.76. The average Bonchev–Trinajstić information content (AvgIpc) is 3.16. The highest BCUT2D eigenvalue weighted by Crippen LogP contribution is 2.31. The molecular weight excluding hydrogens is 366 g/mol. The van der Waals surface area contributed by atoms with E-state index in [-0.39, 0.29) is 11.9 Å². The molecule has 0 fully saturated rings. The van der Waals surface area contributed by atoms with Crippen molar-refractivity contribution < 1.29 is 13.9 Å². The van der Waals surface area contributed by atoms with E-state index in [1.54, 1.807) is 17.8 Å². The number of ether oxygens (including phenoxy) is 1. The van der Waals surface area contributed by atoms with Gasteiger partial charge in [0.2, 0.25) is 5.91 Å². The Bertz CT molecular complexity index is 1000. The first-order valence-corrected chi connectivity index (χ1v) is 9.11. The van der Waals surface area contributed by atoms with E-state index in [1.807, 2.05) is 45.0 Å². The number of hydrogen-bond acceptors (Lipinski definition) is 4. The molecule has 2 heterocycles. The maximum atomic E-state index is 12.3. The number of amides is 1. The Morgan fingerprint density at radius 3 is 2.93 bits per heavy atom. The Kier molecular flexibility index (Phi) is 5.56. The van der Waals surface area contributed by atoms with Gasteiger partial charge in [0.05, 0.1) is 18.3 Å². The highest BCUT2D eigenvalue weighted by molar-refractivity contribution is 6.31. The third kappa shape index (κ3) is 4.01. The molecule has 0 bridgehead atoms. The Morgan fingerprint density at radius 2 is 2.26 bits per heavy atom. The summed E-state index contributed by atoms with van der Waals surface area (Å²) < 4.78 is 13.1. The van der Waals surface area contributed by atoms with E-state index in [0.717, 1.165) is 16.6 Å². The summed E-state index contributed by atoms with van der Waals surface area (Å²) in [4.78, 5) is 12.3. The van der Waals surface area contributed by atoms with Crippen molar-refractivity contribution in [1.29, 1.82) is 0 Å². The van der Waals surface area contributed by atoms with Crippen LogP contribution in [0.3, 0.4) is 0 Å². The number of para-hydroxylation sites is 1. The quantitative estimate of drug-likeness (QED) is 0.636. The largest absolute Gasteiger partial charge is 0.490 e. The van der Waals surface area contributed by atoms with E-state index < -0.39 is 0 Å². The lowest BCUT2D eigenvalue weighted by Crippen LogP contribution is -2.24. The van der Waals surface area contributed by atoms with Crippen LogP contribution in [-0.4, -0.2) is 22.3 Å². The van der Waals surface area contributed by atoms with Crippen molar-refractivity contribution in [2.75, 3.05) is 6.61 Å². The second-order valence-corrected chi connectivity index (χ2v) is 6.59. The molecular formula is C20H22ClN3O3. The fourth-order valence-corrected chi connectivity index (χ4v) is 3.10. The molecule has 1 atom stereocenters. The first kappa shape index (κ1) is 19.0. The van der Waals surface area contributed by atoms with Gasteiger partial charge < -0.3 is 14.5 Å². The lowest BCUT2D eigenvalue weighted by molar-refractivity contribution is -0.117. The number of nitrogens with zero attached hydrogens (tertiary/aromatic N) is 2. The summed E-state index contributed by atoms with van der Waals surface area (Å²) in [5.41, 5.74) is 2.18. The summed E-state index contributed by atoms with van der Waals surface area (Å²) in [6.07, 6.45) is 3.11. The average molecular weight is 388 g/mol. The van der Waals surface area contributed by atoms with E-state index in [9.17, 15) is 4.79 Å². The molecule has 0 saturated heterocycles. The topological polar surface area (TPSA) is 69.3 Å². The van der Waals surface area contributed by atoms with Crippen molar-refractivity contribution >= 4 is 34.6 Å². The molecule has 0 spiro atoms. The predicted molar refractivity (Wildman–Crippen MR) is 106 cm³/mol. The zero-order valence-corrected chi connectivity index (χ0v) is 16.5. The minimum absolute atomic E-state index is 0.243. The molecule has 0 radical (unpaired) electrons. The minimum Gasteiger partial charge on any atom is -0.490 e. The molecule has 0 aliphatic rings. The van der Waals surface area contributed by atoms with Gasteiger partial charge in [0.25, 0.3) is 0 Å². The summed E-state index contributed by atoms with van der Waals surface area (Å²) in [5, 5.41) is 8.54. The van der Waals surface area contributed by atoms with E-state index in [0.29, 0.717) is 28.9 Å². The van der Waals surface area contributed by atoms with Gasteiger partial charge in [-0.3, -0.25) is 9.48 Å². The first-order chi connectivity index (χ1) is 12.9. The molecule has 0 aliphatic heterocycles. The number of aromatic nitrogens is 2. The van der Waals surface area contributed by atoms with Crippen LogP contribution in [0.25, 0.3) is 17.0 Å². The maximum Gasteiger partial charge on any atom is 0.244 e. The highest BCUT2D eigenvalue weighted by atomic mass is 35.5. The molecule has 7 heteroatoms. The smallest absolute Gasteiger partial charge is 0.244 e. The number of halogens is 1. The Labute approximate surface area is 162 Å². The van der Waals surface area contributed by atoms with Gasteiger partial charge in [0.1, 0.15) is 10.9 Å². The van der Waals surface area contributed by atoms with Crippen LogP contribution in [0.2, 0.25) is 5.15 Å². The fraction of sp³-hybridized carbons (Fsp3) is 0.300. The predicted octanol–water partition coefficient (Wildman–Crippen LogP) is 4.42. The van der Waals surface area contributed by atoms with Gasteiger partial charge in [-0.25, -0.2) is 0 Å². The molecule has 0 aliphatic carbocycles. The van der Waals surface area contributed by atoms with Gasteiger partial charge in [0.15, 0.2) is 11.3 Å². The van der Waals surface area contributed by atoms with Crippen molar-refractivity contribution in [3.63, 3.8) is 0 Å². The molecule has 27 heavy (non-hydrogen) atoms. The van der Waals surface area contributed by atoms with Crippen LogP contribution >= 0.6 is 11.6 Å². The lowest BCUT2D eigenvalue weighted by atomic mass is 10.2. The van der Waals surface area contributed by atoms with Crippen LogP contribution in [0.5, 0.6) is 5.75 Å². The maximum absolute atomic E-state index is 12.3. The number of aryl methyl sites for hydroxylation is 2. The second kappa shape index (κ2) is 7.88. The molecule has 6 nitrogen and oxygen atoms in total. The van der Waals surface area contributed by atoms with Gasteiger partial charge in [-0.2, -0.15) is 5.10 Å². The van der Waals surface area contributed by atoms with Gasteiger partial charge in [-0.15, -0.1) is 0 Å². The zero-order chi connectivity index (χ0) is 19.6. The van der Waals surface area contributed by atoms with Gasteiger partial charge >= 0.3 is 0 Å². The molecule has 1 unspecified atom stereocenters. The molecule has 1 N–H and O–H groups in total. The molecule has 3 rings (SSSR count). The lowest BCUT2D eigenvalue weighted by Gasteiger charge is -2.09. The zero-order valence-electron chi connectivity index (χ0n) is 15.7. The number of benzene rings is 1. The minimum atomic E-state index is -0.297. The first-order valence-electron chi connectivity index (χ1n) is 8.73. The third-order valence-corrected chi connectivity index (χ3v) is 4.66. The van der Waals surface area contributed by atoms with Crippen LogP contribution in [-0.2, 0) is 11.8 Å². The van der Waals surface area contributed by atoms with E-state index >= 15 is 0 Å². The molecule has 1 aromatic carbocycles. The number of furan rings is 1. The van der Waals surface area contributed by atoms with E-state index in [2.05, 4.69) is 10.4 Å². The van der Waals surface area contributed by atoms with Crippen LogP contribution in [0, 0.1) is 6.92 Å². The van der Waals surface area contributed by atoms with Crippen LogP contribution in [0.1, 0.15) is 36.9 Å². The van der Waals surface area contributed by atoms with Crippen molar-refractivity contribution in [2.24, 2.45) is 7.05 Å². The number of fused-ring (bicyclic) bond motifs is 1. The van der Waals surface area contributed by atoms with Crippen LogP contribution in [0.4, 0.5) is 0 Å². The molecule has 1 amide bonds. The van der Waals surface area contributed by atoms with E-state index in [4.69, 9.17) is 20.8 Å². The molecule has 3 aromatic rings. The Balaban J connectivity index is 1.74. The third-order valence-electron chi connectivity index (χ3n) is 4.21. The van der Waals surface area contributed by atoms with Crippen LogP contribution in [0.15, 0.2) is 34.8 Å². The molecule has 2 aromatic heterocycles. The summed E-state index contributed by atoms with van der Waals surface area (Å²) in [6, 6.07) is 7.35. The monoisotopic (exact) mass is 387 g/mol. The highest BCUT2D eigenvalue weighted by Gasteiger charge is 2.16. The van der Waals surface area contributed by atoms with E-state index in [1.165, 1.54) is 6.08 Å². The molecule has 0 saturated carbocycles. The standard InChI is InChI=1S/C20H22ClN3O3/c1-5-26-16-8-6-7-14-11-17(27-19(14)16)13(3)22-18(25)10-9-15-12(2)23-24(4)20(15)21/h6-11,13H,5H2,1-4H3,(H,22,25)/b10-9+. The number of hydrogen-bond donors (Lipinski definition) is 1. The summed E-state index contributed by atoms with van der Waals surface area (Å²) in [5.74, 6) is 1.11. The molecule has 142 valence electrons. The van der Waals surface area contributed by atoms with Gasteiger partial charge in [-0.1, -0.05) is 23.7 Å². The number of carbonyl (C=O) groups excluding carboxylic acids is 1. The Hall–Kier alpha value is -2.73. The van der Waals surface area contributed by atoms with Crippen molar-refractivity contribution in [1.82, 2.24) is 15.1 Å². The van der Waals surface area contributed by atoms with Crippen LogP contribution < -0.4 is 10.1 Å². The SMILES string of the molecule is CCOc1cccc2cc(C(C)NC(=O)/C=C/c3c(C)nn(C)c3Cl)oc12. The Morgan fingerprint density at radius 1 is 1.48 bits per heavy atom.